The maximum Gasteiger partial charge on any atom is 0.313 e. The summed E-state index contributed by atoms with van der Waals surface area (Å²) in [6.07, 6.45) is 7.06. The summed E-state index contributed by atoms with van der Waals surface area (Å²) in [5.41, 5.74) is 4.70. The van der Waals surface area contributed by atoms with Gasteiger partial charge in [-0.05, 0) is 81.2 Å². The summed E-state index contributed by atoms with van der Waals surface area (Å²) >= 11 is 0. The molecule has 0 saturated heterocycles. The van der Waals surface area contributed by atoms with Crippen LogP contribution in [0.25, 0.3) is 22.5 Å². The minimum atomic E-state index is -0.818. The number of benzene rings is 2. The summed E-state index contributed by atoms with van der Waals surface area (Å²) < 4.78 is 9.86. The third-order valence-corrected chi connectivity index (χ3v) is 9.70. The first kappa shape index (κ1) is 28.1. The van der Waals surface area contributed by atoms with Gasteiger partial charge in [0.05, 0.1) is 23.6 Å². The minimum Gasteiger partial charge on any atom is -0.466 e. The highest BCUT2D eigenvalue weighted by molar-refractivity contribution is 5.80. The average molecular weight is 569 g/mol. The number of rotatable bonds is 10. The summed E-state index contributed by atoms with van der Waals surface area (Å²) in [6.45, 7) is 8.30. The molecule has 4 heterocycles. The van der Waals surface area contributed by atoms with Gasteiger partial charge in [0.15, 0.2) is 0 Å². The first-order chi connectivity index (χ1) is 20.3. The Hall–Kier alpha value is -4.01. The number of aromatic nitrogens is 6. The van der Waals surface area contributed by atoms with E-state index >= 15 is 0 Å². The summed E-state index contributed by atoms with van der Waals surface area (Å²) in [5.74, 6) is 0.329. The molecule has 1 fully saturated rings. The standard InChI is InChI=1S/C33H40N6O3/c1-5-7-12-28-27(21-22-13-15-23(16-14-22)25-10-8-9-11-26(25)29-34-36-37-35-29)30(40)39-33(32(3,4)31(41)42-6-2)19-17-24(18-20-33)38(28)39/h8-11,13-16,24H,5-7,12,17-21H2,1-4H3,(H,34,35,36,37). The number of fused-ring (bicyclic) bond motifs is 2. The molecule has 0 amide bonds. The summed E-state index contributed by atoms with van der Waals surface area (Å²) in [6, 6.07) is 16.7. The monoisotopic (exact) mass is 568 g/mol. The Labute approximate surface area is 246 Å². The normalized spacial score (nSPS) is 19.6. The summed E-state index contributed by atoms with van der Waals surface area (Å²) in [7, 11) is 0. The van der Waals surface area contributed by atoms with E-state index in [2.05, 4.69) is 62.6 Å². The zero-order valence-corrected chi connectivity index (χ0v) is 25.0. The Balaban J connectivity index is 1.40. The highest BCUT2D eigenvalue weighted by Crippen LogP contribution is 2.55. The molecule has 2 bridgehead atoms. The van der Waals surface area contributed by atoms with E-state index in [1.54, 1.807) is 0 Å². The second-order valence-electron chi connectivity index (χ2n) is 12.3. The molecule has 9 heteroatoms. The number of aromatic amines is 1. The van der Waals surface area contributed by atoms with Gasteiger partial charge in [-0.15, -0.1) is 10.2 Å². The first-order valence-corrected chi connectivity index (χ1v) is 15.3. The van der Waals surface area contributed by atoms with Crippen LogP contribution in [0.15, 0.2) is 53.3 Å². The number of H-pyrrole nitrogens is 1. The molecular formula is C33H40N6O3. The van der Waals surface area contributed by atoms with Gasteiger partial charge in [-0.2, -0.15) is 5.21 Å². The van der Waals surface area contributed by atoms with Crippen molar-refractivity contribution < 1.29 is 9.53 Å². The van der Waals surface area contributed by atoms with Crippen molar-refractivity contribution in [2.45, 2.75) is 90.6 Å². The number of esters is 1. The van der Waals surface area contributed by atoms with Crippen molar-refractivity contribution >= 4 is 5.97 Å². The Morgan fingerprint density at radius 3 is 2.43 bits per heavy atom. The number of unbranched alkanes of at least 4 members (excludes halogenated alkanes) is 1. The maximum atomic E-state index is 14.5. The van der Waals surface area contributed by atoms with Crippen LogP contribution >= 0.6 is 0 Å². The lowest BCUT2D eigenvalue weighted by Crippen LogP contribution is -2.62. The summed E-state index contributed by atoms with van der Waals surface area (Å²) in [5, 5.41) is 14.6. The molecule has 2 aliphatic heterocycles. The van der Waals surface area contributed by atoms with E-state index in [-0.39, 0.29) is 11.5 Å². The molecule has 1 saturated carbocycles. The van der Waals surface area contributed by atoms with Crippen molar-refractivity contribution in [2.75, 3.05) is 6.61 Å². The van der Waals surface area contributed by atoms with Crippen LogP contribution < -0.4 is 5.56 Å². The lowest BCUT2D eigenvalue weighted by atomic mass is 9.62. The van der Waals surface area contributed by atoms with Crippen molar-refractivity contribution in [2.24, 2.45) is 5.41 Å². The minimum absolute atomic E-state index is 0.0504. The van der Waals surface area contributed by atoms with E-state index in [4.69, 9.17) is 4.74 Å². The van der Waals surface area contributed by atoms with Crippen LogP contribution in [0.1, 0.15) is 89.1 Å². The van der Waals surface area contributed by atoms with Crippen molar-refractivity contribution in [1.82, 2.24) is 30.0 Å². The number of ether oxygens (including phenoxy) is 1. The van der Waals surface area contributed by atoms with Crippen LogP contribution in [0.2, 0.25) is 0 Å². The van der Waals surface area contributed by atoms with Crippen LogP contribution in [0.4, 0.5) is 0 Å². The fraction of sp³-hybridized carbons (Fsp3) is 0.485. The van der Waals surface area contributed by atoms with Crippen LogP contribution in [0, 0.1) is 5.41 Å². The third-order valence-electron chi connectivity index (χ3n) is 9.70. The fourth-order valence-electron chi connectivity index (χ4n) is 7.32. The Bertz CT molecular complexity index is 1620. The highest BCUT2D eigenvalue weighted by Gasteiger charge is 2.59. The average Bonchev–Trinajstić information content (AvgIpc) is 3.65. The predicted molar refractivity (Wildman–Crippen MR) is 161 cm³/mol. The van der Waals surface area contributed by atoms with Crippen LogP contribution in [0.5, 0.6) is 0 Å². The second-order valence-corrected chi connectivity index (χ2v) is 12.3. The molecule has 0 unspecified atom stereocenters. The molecule has 0 atom stereocenters. The van der Waals surface area contributed by atoms with Gasteiger partial charge >= 0.3 is 5.97 Å². The molecule has 7 rings (SSSR count). The van der Waals surface area contributed by atoms with Crippen molar-refractivity contribution in [3.8, 4) is 22.5 Å². The topological polar surface area (TPSA) is 108 Å². The second kappa shape index (κ2) is 11.0. The molecule has 220 valence electrons. The molecule has 3 aliphatic rings. The van der Waals surface area contributed by atoms with E-state index in [1.165, 1.54) is 0 Å². The van der Waals surface area contributed by atoms with E-state index in [0.717, 1.165) is 78.5 Å². The number of carbonyl (C=O) groups is 1. The van der Waals surface area contributed by atoms with E-state index in [0.29, 0.717) is 24.9 Å². The Morgan fingerprint density at radius 2 is 1.79 bits per heavy atom. The third kappa shape index (κ3) is 4.41. The van der Waals surface area contributed by atoms with Gasteiger partial charge in [0.2, 0.25) is 5.82 Å². The van der Waals surface area contributed by atoms with Crippen molar-refractivity contribution in [3.05, 3.63) is 75.7 Å². The van der Waals surface area contributed by atoms with Crippen LogP contribution in [-0.2, 0) is 27.9 Å². The van der Waals surface area contributed by atoms with Gasteiger partial charge in [-0.1, -0.05) is 61.9 Å². The molecule has 1 aliphatic carbocycles. The molecule has 42 heavy (non-hydrogen) atoms. The molecule has 2 aromatic carbocycles. The molecule has 4 aromatic rings. The molecule has 1 N–H and O–H groups in total. The van der Waals surface area contributed by atoms with Gasteiger partial charge in [0.25, 0.3) is 5.56 Å². The Morgan fingerprint density at radius 1 is 1.07 bits per heavy atom. The molecular weight excluding hydrogens is 528 g/mol. The smallest absolute Gasteiger partial charge is 0.313 e. The van der Waals surface area contributed by atoms with Crippen LogP contribution in [0.3, 0.4) is 0 Å². The van der Waals surface area contributed by atoms with Gasteiger partial charge < -0.3 is 4.74 Å². The SMILES string of the molecule is CCCCc1c(Cc2ccc(-c3ccccc3-c3nn[nH]n3)cc2)c(=O)n2n1C1CCC2(C(C)(C)C(=O)OCC)CC1. The lowest BCUT2D eigenvalue weighted by molar-refractivity contribution is -0.167. The van der Waals surface area contributed by atoms with E-state index in [1.807, 2.05) is 43.7 Å². The van der Waals surface area contributed by atoms with E-state index < -0.39 is 11.0 Å². The number of nitrogens with one attached hydrogen (secondary N) is 1. The van der Waals surface area contributed by atoms with Crippen molar-refractivity contribution in [3.63, 3.8) is 0 Å². The Kier molecular flexibility index (Phi) is 7.37. The number of hydrogen-bond acceptors (Lipinski definition) is 6. The largest absolute Gasteiger partial charge is 0.466 e. The maximum absolute atomic E-state index is 14.5. The number of tetrazole rings is 1. The quantitative estimate of drug-likeness (QED) is 0.241. The van der Waals surface area contributed by atoms with Gasteiger partial charge in [-0.25, -0.2) is 4.68 Å². The van der Waals surface area contributed by atoms with Crippen LogP contribution in [-0.4, -0.2) is 42.6 Å². The highest BCUT2D eigenvalue weighted by atomic mass is 16.5. The predicted octanol–water partition coefficient (Wildman–Crippen LogP) is 5.84. The van der Waals surface area contributed by atoms with Gasteiger partial charge in [-0.3, -0.25) is 14.3 Å². The van der Waals surface area contributed by atoms with Crippen molar-refractivity contribution in [1.29, 1.82) is 0 Å². The number of carbonyl (C=O) groups excluding carboxylic acids is 1. The molecule has 2 aromatic heterocycles. The first-order valence-electron chi connectivity index (χ1n) is 15.3. The summed E-state index contributed by atoms with van der Waals surface area (Å²) in [4.78, 5) is 27.8. The van der Waals surface area contributed by atoms with Gasteiger partial charge in [0.1, 0.15) is 0 Å². The number of nitrogens with zero attached hydrogens (tertiary/aromatic N) is 5. The lowest BCUT2D eigenvalue weighted by Gasteiger charge is -2.55. The van der Waals surface area contributed by atoms with Gasteiger partial charge in [0, 0.05) is 23.2 Å². The molecule has 9 nitrogen and oxygen atoms in total. The fourth-order valence-corrected chi connectivity index (χ4v) is 7.32. The zero-order valence-electron chi connectivity index (χ0n) is 25.0. The van der Waals surface area contributed by atoms with E-state index in [9.17, 15) is 9.59 Å². The molecule has 0 spiro atoms. The molecule has 0 radical (unpaired) electrons. The number of hydrogen-bond donors (Lipinski definition) is 1. The zero-order chi connectivity index (χ0) is 29.5.